The third kappa shape index (κ3) is 5.19. The summed E-state index contributed by atoms with van der Waals surface area (Å²) in [7, 11) is 0. The number of piperidine rings is 1. The zero-order chi connectivity index (χ0) is 21.2. The van der Waals surface area contributed by atoms with Crippen molar-refractivity contribution in [2.24, 2.45) is 0 Å². The lowest BCUT2D eigenvalue weighted by atomic mass is 10.0. The lowest BCUT2D eigenvalue weighted by Gasteiger charge is -2.34. The molecule has 8 nitrogen and oxygen atoms in total. The molecule has 1 N–H and O–H groups in total. The van der Waals surface area contributed by atoms with E-state index in [-0.39, 0.29) is 24.1 Å². The van der Waals surface area contributed by atoms with E-state index in [1.165, 1.54) is 0 Å². The largest absolute Gasteiger partial charge is 0.444 e. The van der Waals surface area contributed by atoms with Crippen LogP contribution in [0.4, 0.5) is 10.5 Å². The Morgan fingerprint density at radius 1 is 1.24 bits per heavy atom. The molecule has 158 valence electrons. The van der Waals surface area contributed by atoms with Crippen molar-refractivity contribution in [1.29, 1.82) is 0 Å². The zero-order valence-corrected chi connectivity index (χ0v) is 17.9. The number of likely N-dealkylation sites (tertiary alicyclic amines) is 1. The predicted molar refractivity (Wildman–Crippen MR) is 111 cm³/mol. The van der Waals surface area contributed by atoms with E-state index in [1.807, 2.05) is 63.7 Å². The molecule has 2 amide bonds. The molecule has 0 spiro atoms. The van der Waals surface area contributed by atoms with Crippen molar-refractivity contribution in [3.05, 3.63) is 36.4 Å². The van der Waals surface area contributed by atoms with Gasteiger partial charge in [0.05, 0.1) is 11.9 Å². The number of carbonyl (C=O) groups excluding carboxylic acids is 2. The molecule has 8 heteroatoms. The molecule has 0 unspecified atom stereocenters. The van der Waals surface area contributed by atoms with E-state index in [1.54, 1.807) is 15.8 Å². The Kier molecular flexibility index (Phi) is 6.00. The van der Waals surface area contributed by atoms with Crippen molar-refractivity contribution in [2.75, 3.05) is 18.4 Å². The van der Waals surface area contributed by atoms with E-state index in [9.17, 15) is 9.59 Å². The van der Waals surface area contributed by atoms with Gasteiger partial charge in [0.25, 0.3) is 5.91 Å². The number of hydrogen-bond donors (Lipinski definition) is 1. The van der Waals surface area contributed by atoms with Gasteiger partial charge in [-0.2, -0.15) is 5.10 Å². The quantitative estimate of drug-likeness (QED) is 0.837. The summed E-state index contributed by atoms with van der Waals surface area (Å²) in [6.07, 6.45) is 6.70. The SMILES string of the molecule is CC(C)n1cc(NC(=O)c2cccn2C2CCN(C(=O)OC(C)(C)C)CC2)cn1. The molecule has 1 fully saturated rings. The van der Waals surface area contributed by atoms with Crippen LogP contribution in [0.15, 0.2) is 30.7 Å². The first kappa shape index (κ1) is 21.0. The highest BCUT2D eigenvalue weighted by Gasteiger charge is 2.28. The van der Waals surface area contributed by atoms with Crippen LogP contribution >= 0.6 is 0 Å². The van der Waals surface area contributed by atoms with Gasteiger partial charge in [-0.05, 0) is 59.6 Å². The molecule has 2 aromatic rings. The standard InChI is InChI=1S/C21H31N5O3/c1-15(2)26-14-16(13-22-26)23-19(27)18-7-6-10-25(18)17-8-11-24(12-9-17)20(28)29-21(3,4)5/h6-7,10,13-15,17H,8-9,11-12H2,1-5H3,(H,23,27). The second kappa shape index (κ2) is 8.31. The molecule has 29 heavy (non-hydrogen) atoms. The maximum Gasteiger partial charge on any atom is 0.410 e. The van der Waals surface area contributed by atoms with Crippen LogP contribution in [0, 0.1) is 0 Å². The van der Waals surface area contributed by atoms with Gasteiger partial charge in [0.2, 0.25) is 0 Å². The Labute approximate surface area is 171 Å². The minimum atomic E-state index is -0.497. The van der Waals surface area contributed by atoms with Gasteiger partial charge in [-0.15, -0.1) is 0 Å². The summed E-state index contributed by atoms with van der Waals surface area (Å²) in [6.45, 7) is 10.9. The van der Waals surface area contributed by atoms with Crippen molar-refractivity contribution in [3.8, 4) is 0 Å². The van der Waals surface area contributed by atoms with Crippen molar-refractivity contribution < 1.29 is 14.3 Å². The number of ether oxygens (including phenoxy) is 1. The summed E-state index contributed by atoms with van der Waals surface area (Å²) in [5, 5.41) is 7.18. The van der Waals surface area contributed by atoms with Crippen molar-refractivity contribution >= 4 is 17.7 Å². The fourth-order valence-electron chi connectivity index (χ4n) is 3.44. The number of carbonyl (C=O) groups is 2. The van der Waals surface area contributed by atoms with E-state index >= 15 is 0 Å². The molecular formula is C21H31N5O3. The number of nitrogens with zero attached hydrogens (tertiary/aromatic N) is 4. The molecule has 3 rings (SSSR count). The van der Waals surface area contributed by atoms with Crippen LogP contribution in [0.2, 0.25) is 0 Å². The molecule has 3 heterocycles. The fraction of sp³-hybridized carbons (Fsp3) is 0.571. The number of nitrogens with one attached hydrogen (secondary N) is 1. The van der Waals surface area contributed by atoms with E-state index in [4.69, 9.17) is 4.74 Å². The van der Waals surface area contributed by atoms with Crippen LogP contribution in [0.25, 0.3) is 0 Å². The highest BCUT2D eigenvalue weighted by Crippen LogP contribution is 2.26. The first-order valence-corrected chi connectivity index (χ1v) is 10.1. The molecule has 0 saturated carbocycles. The second-order valence-electron chi connectivity index (χ2n) is 8.76. The molecular weight excluding hydrogens is 370 g/mol. The Balaban J connectivity index is 1.61. The van der Waals surface area contributed by atoms with Gasteiger partial charge in [0.15, 0.2) is 0 Å². The number of aromatic nitrogens is 3. The monoisotopic (exact) mass is 401 g/mol. The topological polar surface area (TPSA) is 81.4 Å². The van der Waals surface area contributed by atoms with E-state index in [0.29, 0.717) is 24.5 Å². The molecule has 1 saturated heterocycles. The van der Waals surface area contributed by atoms with Gasteiger partial charge in [-0.3, -0.25) is 9.48 Å². The maximum atomic E-state index is 12.8. The Hall–Kier alpha value is -2.77. The molecule has 0 bridgehead atoms. The van der Waals surface area contributed by atoms with Crippen molar-refractivity contribution in [3.63, 3.8) is 0 Å². The van der Waals surface area contributed by atoms with Gasteiger partial charge in [-0.1, -0.05) is 0 Å². The highest BCUT2D eigenvalue weighted by atomic mass is 16.6. The van der Waals surface area contributed by atoms with Crippen molar-refractivity contribution in [2.45, 2.75) is 65.1 Å². The molecule has 0 aliphatic carbocycles. The summed E-state index contributed by atoms with van der Waals surface area (Å²) in [6, 6.07) is 4.11. The summed E-state index contributed by atoms with van der Waals surface area (Å²) in [5.41, 5.74) is 0.789. The van der Waals surface area contributed by atoms with E-state index in [0.717, 1.165) is 12.8 Å². The number of hydrogen-bond acceptors (Lipinski definition) is 4. The third-order valence-corrected chi connectivity index (χ3v) is 4.91. The number of amides is 2. The van der Waals surface area contributed by atoms with Crippen LogP contribution in [0.3, 0.4) is 0 Å². The van der Waals surface area contributed by atoms with Crippen molar-refractivity contribution in [1.82, 2.24) is 19.2 Å². The van der Waals surface area contributed by atoms with E-state index < -0.39 is 5.60 Å². The van der Waals surface area contributed by atoms with Crippen LogP contribution in [0.5, 0.6) is 0 Å². The fourth-order valence-corrected chi connectivity index (χ4v) is 3.44. The van der Waals surface area contributed by atoms with Crippen LogP contribution in [0.1, 0.15) is 70.0 Å². The van der Waals surface area contributed by atoms with Gasteiger partial charge in [0, 0.05) is 37.6 Å². The molecule has 2 aromatic heterocycles. The maximum absolute atomic E-state index is 12.8. The van der Waals surface area contributed by atoms with Crippen LogP contribution < -0.4 is 5.32 Å². The Morgan fingerprint density at radius 2 is 1.93 bits per heavy atom. The predicted octanol–water partition coefficient (Wildman–Crippen LogP) is 4.09. The minimum absolute atomic E-state index is 0.159. The first-order chi connectivity index (χ1) is 13.6. The van der Waals surface area contributed by atoms with E-state index in [2.05, 4.69) is 10.4 Å². The molecule has 0 atom stereocenters. The summed E-state index contributed by atoms with van der Waals surface area (Å²) in [5.74, 6) is -0.159. The summed E-state index contributed by atoms with van der Waals surface area (Å²) in [4.78, 5) is 26.8. The summed E-state index contributed by atoms with van der Waals surface area (Å²) >= 11 is 0. The lowest BCUT2D eigenvalue weighted by molar-refractivity contribution is 0.0187. The highest BCUT2D eigenvalue weighted by molar-refractivity contribution is 6.03. The first-order valence-electron chi connectivity index (χ1n) is 10.1. The average Bonchev–Trinajstić information content (AvgIpc) is 3.30. The smallest absolute Gasteiger partial charge is 0.410 e. The van der Waals surface area contributed by atoms with Gasteiger partial charge >= 0.3 is 6.09 Å². The average molecular weight is 402 g/mol. The van der Waals surface area contributed by atoms with Gasteiger partial charge in [0.1, 0.15) is 11.3 Å². The lowest BCUT2D eigenvalue weighted by Crippen LogP contribution is -2.42. The molecule has 0 aromatic carbocycles. The van der Waals surface area contributed by atoms with Gasteiger partial charge in [-0.25, -0.2) is 4.79 Å². The normalized spacial score (nSPS) is 15.6. The molecule has 0 radical (unpaired) electrons. The third-order valence-electron chi connectivity index (χ3n) is 4.91. The number of rotatable bonds is 4. The van der Waals surface area contributed by atoms with Crippen LogP contribution in [-0.2, 0) is 4.74 Å². The Bertz CT molecular complexity index is 854. The zero-order valence-electron chi connectivity index (χ0n) is 17.9. The minimum Gasteiger partial charge on any atom is -0.444 e. The Morgan fingerprint density at radius 3 is 2.52 bits per heavy atom. The van der Waals surface area contributed by atoms with Crippen LogP contribution in [-0.4, -0.2) is 49.9 Å². The van der Waals surface area contributed by atoms with Gasteiger partial charge < -0.3 is 19.5 Å². The molecule has 1 aliphatic heterocycles. The number of anilines is 1. The second-order valence-corrected chi connectivity index (χ2v) is 8.76. The molecule has 1 aliphatic rings. The summed E-state index contributed by atoms with van der Waals surface area (Å²) < 4.78 is 9.27.